The Morgan fingerprint density at radius 2 is 1.54 bits per heavy atom. The molecule has 3 amide bonds. The lowest BCUT2D eigenvalue weighted by Crippen LogP contribution is -2.32. The van der Waals surface area contributed by atoms with E-state index in [9.17, 15) is 14.4 Å². The molecule has 7 nitrogen and oxygen atoms in total. The maximum absolute atomic E-state index is 12.0. The fourth-order valence-corrected chi connectivity index (χ4v) is 2.30. The zero-order chi connectivity index (χ0) is 19.1. The van der Waals surface area contributed by atoms with Crippen LogP contribution in [0.3, 0.4) is 0 Å². The quantitative estimate of drug-likeness (QED) is 0.421. The smallest absolute Gasteiger partial charge is 0.333 e. The standard InChI is InChI=1S/C19H21N3O4/c1-12(2)18(24)26-11-10-20-19(25)22-17-9-8-16(21-13(3)23)14-6-4-5-7-15(14)17/h4-9H,1,10-11H2,2-3H3,(H,21,23)(H2,20,22,25). The Labute approximate surface area is 151 Å². The molecule has 0 fully saturated rings. The van der Waals surface area contributed by atoms with E-state index in [-0.39, 0.29) is 19.1 Å². The Kier molecular flexibility index (Phi) is 6.32. The minimum atomic E-state index is -0.494. The fraction of sp³-hybridized carbons (Fsp3) is 0.211. The molecule has 3 N–H and O–H groups in total. The van der Waals surface area contributed by atoms with Gasteiger partial charge in [-0.1, -0.05) is 30.8 Å². The van der Waals surface area contributed by atoms with Gasteiger partial charge in [-0.25, -0.2) is 9.59 Å². The molecule has 0 heterocycles. The lowest BCUT2D eigenvalue weighted by atomic mass is 10.1. The van der Waals surface area contributed by atoms with Crippen molar-refractivity contribution in [3.63, 3.8) is 0 Å². The van der Waals surface area contributed by atoms with E-state index in [0.717, 1.165) is 10.8 Å². The molecular formula is C19H21N3O4. The Morgan fingerprint density at radius 1 is 0.962 bits per heavy atom. The van der Waals surface area contributed by atoms with Crippen molar-refractivity contribution in [1.82, 2.24) is 5.32 Å². The lowest BCUT2D eigenvalue weighted by molar-refractivity contribution is -0.138. The summed E-state index contributed by atoms with van der Waals surface area (Å²) in [7, 11) is 0. The van der Waals surface area contributed by atoms with Crippen molar-refractivity contribution in [2.75, 3.05) is 23.8 Å². The molecule has 0 atom stereocenters. The van der Waals surface area contributed by atoms with Crippen LogP contribution in [0.25, 0.3) is 10.8 Å². The normalized spacial score (nSPS) is 10.1. The Balaban J connectivity index is 2.02. The van der Waals surface area contributed by atoms with Gasteiger partial charge in [-0.2, -0.15) is 0 Å². The third-order valence-corrected chi connectivity index (χ3v) is 3.45. The van der Waals surface area contributed by atoms with Crippen molar-refractivity contribution in [2.45, 2.75) is 13.8 Å². The minimum Gasteiger partial charge on any atom is -0.460 e. The average Bonchev–Trinajstić information content (AvgIpc) is 2.60. The second-order valence-electron chi connectivity index (χ2n) is 5.68. The van der Waals surface area contributed by atoms with Crippen LogP contribution in [-0.4, -0.2) is 31.1 Å². The van der Waals surface area contributed by atoms with Crippen LogP contribution >= 0.6 is 0 Å². The highest BCUT2D eigenvalue weighted by Gasteiger charge is 2.09. The first kappa shape index (κ1) is 19.0. The Morgan fingerprint density at radius 3 is 2.08 bits per heavy atom. The number of esters is 1. The van der Waals surface area contributed by atoms with E-state index in [0.29, 0.717) is 16.9 Å². The lowest BCUT2D eigenvalue weighted by Gasteiger charge is -2.13. The number of carbonyl (C=O) groups is 3. The van der Waals surface area contributed by atoms with E-state index in [1.54, 1.807) is 19.1 Å². The van der Waals surface area contributed by atoms with Crippen LogP contribution in [0.1, 0.15) is 13.8 Å². The Bertz CT molecular complexity index is 861. The van der Waals surface area contributed by atoms with Gasteiger partial charge in [-0.05, 0) is 19.1 Å². The number of ether oxygens (including phenoxy) is 1. The van der Waals surface area contributed by atoms with Crippen molar-refractivity contribution >= 4 is 40.1 Å². The van der Waals surface area contributed by atoms with Crippen molar-refractivity contribution in [3.05, 3.63) is 48.6 Å². The van der Waals surface area contributed by atoms with E-state index in [1.807, 2.05) is 24.3 Å². The van der Waals surface area contributed by atoms with Crippen LogP contribution in [0.5, 0.6) is 0 Å². The number of hydrogen-bond acceptors (Lipinski definition) is 4. The minimum absolute atomic E-state index is 0.0569. The molecule has 2 aromatic rings. The van der Waals surface area contributed by atoms with Gasteiger partial charge in [0.1, 0.15) is 6.61 Å². The number of anilines is 2. The zero-order valence-corrected chi connectivity index (χ0v) is 14.7. The first-order valence-electron chi connectivity index (χ1n) is 8.05. The summed E-state index contributed by atoms with van der Waals surface area (Å²) < 4.78 is 4.91. The largest absolute Gasteiger partial charge is 0.460 e. The molecule has 0 saturated carbocycles. The molecule has 0 bridgehead atoms. The molecule has 26 heavy (non-hydrogen) atoms. The second-order valence-corrected chi connectivity index (χ2v) is 5.68. The van der Waals surface area contributed by atoms with Crippen molar-refractivity contribution in [1.29, 1.82) is 0 Å². The highest BCUT2D eigenvalue weighted by molar-refractivity contribution is 6.09. The average molecular weight is 355 g/mol. The van der Waals surface area contributed by atoms with Gasteiger partial charge in [0.2, 0.25) is 5.91 Å². The highest BCUT2D eigenvalue weighted by Crippen LogP contribution is 2.29. The van der Waals surface area contributed by atoms with Crippen LogP contribution in [-0.2, 0) is 14.3 Å². The summed E-state index contributed by atoms with van der Waals surface area (Å²) in [6.45, 7) is 6.70. The van der Waals surface area contributed by atoms with Gasteiger partial charge >= 0.3 is 12.0 Å². The summed E-state index contributed by atoms with van der Waals surface area (Å²) in [4.78, 5) is 34.6. The first-order chi connectivity index (χ1) is 12.4. The molecule has 0 radical (unpaired) electrons. The first-order valence-corrected chi connectivity index (χ1v) is 8.05. The number of hydrogen-bond donors (Lipinski definition) is 3. The summed E-state index contributed by atoms with van der Waals surface area (Å²) in [5, 5.41) is 9.74. The molecule has 2 rings (SSSR count). The summed E-state index contributed by atoms with van der Waals surface area (Å²) in [5.74, 6) is -0.662. The van der Waals surface area contributed by atoms with E-state index in [1.165, 1.54) is 6.92 Å². The van der Waals surface area contributed by atoms with E-state index >= 15 is 0 Å². The molecule has 0 aromatic heterocycles. The predicted octanol–water partition coefficient (Wildman–Crippen LogP) is 3.04. The molecule has 7 heteroatoms. The molecule has 0 saturated heterocycles. The molecule has 0 aliphatic rings. The molecule has 136 valence electrons. The van der Waals surface area contributed by atoms with Crippen molar-refractivity contribution in [3.8, 4) is 0 Å². The predicted molar refractivity (Wildman–Crippen MR) is 101 cm³/mol. The summed E-state index contributed by atoms with van der Waals surface area (Å²) in [6, 6.07) is 10.4. The molecule has 0 aliphatic carbocycles. The monoisotopic (exact) mass is 355 g/mol. The molecule has 0 unspecified atom stereocenters. The highest BCUT2D eigenvalue weighted by atomic mass is 16.5. The summed E-state index contributed by atoms with van der Waals surface area (Å²) in [5.41, 5.74) is 1.58. The van der Waals surface area contributed by atoms with Gasteiger partial charge in [0.05, 0.1) is 12.2 Å². The SMILES string of the molecule is C=C(C)C(=O)OCCNC(=O)Nc1ccc(NC(C)=O)c2ccccc12. The maximum Gasteiger partial charge on any atom is 0.333 e. The third kappa shape index (κ3) is 5.07. The van der Waals surface area contributed by atoms with Crippen molar-refractivity contribution in [2.24, 2.45) is 0 Å². The van der Waals surface area contributed by atoms with Gasteiger partial charge in [0.15, 0.2) is 0 Å². The summed E-state index contributed by atoms with van der Waals surface area (Å²) in [6.07, 6.45) is 0. The van der Waals surface area contributed by atoms with E-state index < -0.39 is 12.0 Å². The number of benzene rings is 2. The van der Waals surface area contributed by atoms with Gasteiger partial charge in [-0.15, -0.1) is 0 Å². The zero-order valence-electron chi connectivity index (χ0n) is 14.7. The number of carbonyl (C=O) groups excluding carboxylic acids is 3. The van der Waals surface area contributed by atoms with Crippen LogP contribution in [0.15, 0.2) is 48.6 Å². The van der Waals surface area contributed by atoms with Gasteiger partial charge in [0, 0.05) is 29.0 Å². The van der Waals surface area contributed by atoms with Gasteiger partial charge < -0.3 is 20.7 Å². The number of amides is 3. The Hall–Kier alpha value is -3.35. The number of urea groups is 1. The summed E-state index contributed by atoms with van der Waals surface area (Å²) >= 11 is 0. The number of rotatable bonds is 6. The van der Waals surface area contributed by atoms with E-state index in [2.05, 4.69) is 22.5 Å². The molecule has 0 aliphatic heterocycles. The number of nitrogens with one attached hydrogen (secondary N) is 3. The second kappa shape index (κ2) is 8.66. The number of fused-ring (bicyclic) bond motifs is 1. The van der Waals surface area contributed by atoms with Crippen LogP contribution in [0.2, 0.25) is 0 Å². The third-order valence-electron chi connectivity index (χ3n) is 3.45. The van der Waals surface area contributed by atoms with Crippen LogP contribution in [0, 0.1) is 0 Å². The van der Waals surface area contributed by atoms with Gasteiger partial charge in [-0.3, -0.25) is 4.79 Å². The van der Waals surface area contributed by atoms with Crippen LogP contribution in [0.4, 0.5) is 16.2 Å². The van der Waals surface area contributed by atoms with Crippen LogP contribution < -0.4 is 16.0 Å². The van der Waals surface area contributed by atoms with E-state index in [4.69, 9.17) is 4.74 Å². The van der Waals surface area contributed by atoms with Crippen molar-refractivity contribution < 1.29 is 19.1 Å². The topological polar surface area (TPSA) is 96.5 Å². The fourth-order valence-electron chi connectivity index (χ4n) is 2.30. The maximum atomic E-state index is 12.0. The van der Waals surface area contributed by atoms with Gasteiger partial charge in [0.25, 0.3) is 0 Å². The molecule has 2 aromatic carbocycles. The molecular weight excluding hydrogens is 334 g/mol. The molecule has 0 spiro atoms.